The van der Waals surface area contributed by atoms with E-state index in [1.165, 1.54) is 0 Å². The summed E-state index contributed by atoms with van der Waals surface area (Å²) in [4.78, 5) is 23.3. The predicted molar refractivity (Wildman–Crippen MR) is 85.2 cm³/mol. The molecule has 1 rings (SSSR count). The third kappa shape index (κ3) is 7.82. The number of halogens is 1. The van der Waals surface area contributed by atoms with Crippen molar-refractivity contribution in [1.82, 2.24) is 10.6 Å². The number of carbonyl (C=O) groups is 2. The van der Waals surface area contributed by atoms with Crippen LogP contribution in [0.5, 0.6) is 0 Å². The molecule has 0 aromatic heterocycles. The van der Waals surface area contributed by atoms with Gasteiger partial charge in [0, 0.05) is 42.8 Å². The molecule has 1 aromatic carbocycles. The highest BCUT2D eigenvalue weighted by Gasteiger charge is 2.06. The molecule has 116 valence electrons. The predicted octanol–water partition coefficient (Wildman–Crippen LogP) is 2.11. The maximum atomic E-state index is 11.8. The molecule has 0 spiro atoms. The average molecular weight is 357 g/mol. The summed E-state index contributed by atoms with van der Waals surface area (Å²) in [7, 11) is 0. The molecule has 0 aliphatic carbocycles. The lowest BCUT2D eigenvalue weighted by Crippen LogP contribution is -2.31. The van der Waals surface area contributed by atoms with Gasteiger partial charge in [0.15, 0.2) is 0 Å². The van der Waals surface area contributed by atoms with Gasteiger partial charge in [-0.1, -0.05) is 15.9 Å². The molecule has 2 N–H and O–H groups in total. The Bertz CT molecular complexity index is 449. The third-order valence-corrected chi connectivity index (χ3v) is 3.26. The van der Waals surface area contributed by atoms with Gasteiger partial charge in [0.1, 0.15) is 0 Å². The van der Waals surface area contributed by atoms with Crippen LogP contribution in [0.15, 0.2) is 28.7 Å². The molecule has 0 bridgehead atoms. The van der Waals surface area contributed by atoms with Crippen LogP contribution in [0.25, 0.3) is 0 Å². The molecule has 5 nitrogen and oxygen atoms in total. The summed E-state index contributed by atoms with van der Waals surface area (Å²) in [6, 6.07) is 7.07. The third-order valence-electron chi connectivity index (χ3n) is 2.74. The Morgan fingerprint density at radius 1 is 1.14 bits per heavy atom. The molecule has 0 saturated carbocycles. The Kier molecular flexibility index (Phi) is 8.69. The number of hydrogen-bond acceptors (Lipinski definition) is 3. The number of amides is 2. The largest absolute Gasteiger partial charge is 0.382 e. The van der Waals surface area contributed by atoms with E-state index in [0.29, 0.717) is 31.9 Å². The smallest absolute Gasteiger partial charge is 0.251 e. The monoisotopic (exact) mass is 356 g/mol. The Balaban J connectivity index is 2.13. The summed E-state index contributed by atoms with van der Waals surface area (Å²) in [5.74, 6) is -0.241. The van der Waals surface area contributed by atoms with Gasteiger partial charge in [-0.3, -0.25) is 9.59 Å². The van der Waals surface area contributed by atoms with Crippen LogP contribution in [0, 0.1) is 0 Å². The highest BCUT2D eigenvalue weighted by atomic mass is 79.9. The average Bonchev–Trinajstić information content (AvgIpc) is 2.47. The van der Waals surface area contributed by atoms with E-state index >= 15 is 0 Å². The Morgan fingerprint density at radius 3 is 2.52 bits per heavy atom. The van der Waals surface area contributed by atoms with Gasteiger partial charge in [-0.2, -0.15) is 0 Å². The van der Waals surface area contributed by atoms with Gasteiger partial charge in [0.05, 0.1) is 0 Å². The topological polar surface area (TPSA) is 67.4 Å². The first kappa shape index (κ1) is 17.7. The fraction of sp³-hybridized carbons (Fsp3) is 0.467. The minimum atomic E-state index is -0.174. The summed E-state index contributed by atoms with van der Waals surface area (Å²) in [5.41, 5.74) is 0.579. The van der Waals surface area contributed by atoms with Gasteiger partial charge in [-0.25, -0.2) is 0 Å². The van der Waals surface area contributed by atoms with Crippen molar-refractivity contribution in [3.8, 4) is 0 Å². The number of carbonyl (C=O) groups excluding carboxylic acids is 2. The van der Waals surface area contributed by atoms with Crippen LogP contribution in [0.3, 0.4) is 0 Å². The van der Waals surface area contributed by atoms with E-state index in [1.807, 2.05) is 6.92 Å². The zero-order chi connectivity index (χ0) is 15.5. The Labute approximate surface area is 133 Å². The summed E-state index contributed by atoms with van der Waals surface area (Å²) < 4.78 is 6.10. The highest BCUT2D eigenvalue weighted by Crippen LogP contribution is 2.10. The minimum absolute atomic E-state index is 0.0670. The number of benzene rings is 1. The van der Waals surface area contributed by atoms with Crippen molar-refractivity contribution in [2.75, 3.05) is 26.3 Å². The van der Waals surface area contributed by atoms with E-state index in [9.17, 15) is 9.59 Å². The first-order chi connectivity index (χ1) is 10.1. The Morgan fingerprint density at radius 2 is 1.86 bits per heavy atom. The van der Waals surface area contributed by atoms with Crippen molar-refractivity contribution in [3.05, 3.63) is 34.3 Å². The van der Waals surface area contributed by atoms with Crippen molar-refractivity contribution < 1.29 is 14.3 Å². The van der Waals surface area contributed by atoms with Gasteiger partial charge in [-0.15, -0.1) is 0 Å². The molecular weight excluding hydrogens is 336 g/mol. The first-order valence-corrected chi connectivity index (χ1v) is 7.81. The van der Waals surface area contributed by atoms with Crippen molar-refractivity contribution in [2.24, 2.45) is 0 Å². The normalized spacial score (nSPS) is 10.2. The molecule has 0 unspecified atom stereocenters. The molecule has 0 radical (unpaired) electrons. The second-order valence-electron chi connectivity index (χ2n) is 4.41. The maximum Gasteiger partial charge on any atom is 0.251 e. The van der Waals surface area contributed by atoms with Crippen LogP contribution in [-0.4, -0.2) is 38.1 Å². The number of nitrogens with one attached hydrogen (secondary N) is 2. The quantitative estimate of drug-likeness (QED) is 0.666. The lowest BCUT2D eigenvalue weighted by Gasteiger charge is -2.07. The molecule has 0 fully saturated rings. The second kappa shape index (κ2) is 10.3. The lowest BCUT2D eigenvalue weighted by molar-refractivity contribution is -0.120. The molecular formula is C15H21BrN2O3. The van der Waals surface area contributed by atoms with Crippen LogP contribution in [0.4, 0.5) is 0 Å². The molecule has 6 heteroatoms. The molecule has 0 saturated heterocycles. The summed E-state index contributed by atoms with van der Waals surface area (Å²) in [6.07, 6.45) is 1.07. The fourth-order valence-electron chi connectivity index (χ4n) is 1.63. The summed E-state index contributed by atoms with van der Waals surface area (Å²) in [6.45, 7) is 4.20. The number of rotatable bonds is 9. The van der Waals surface area contributed by atoms with E-state index in [0.717, 1.165) is 10.9 Å². The molecule has 0 aliphatic heterocycles. The molecule has 0 heterocycles. The minimum Gasteiger partial charge on any atom is -0.382 e. The summed E-state index contributed by atoms with van der Waals surface area (Å²) >= 11 is 3.31. The standard InChI is InChI=1S/C15H21BrN2O3/c1-2-21-11-3-9-17-14(19)8-10-18-15(20)12-4-6-13(16)7-5-12/h4-7H,2-3,8-11H2,1H3,(H,17,19)(H,18,20). The van der Waals surface area contributed by atoms with E-state index in [1.54, 1.807) is 24.3 Å². The van der Waals surface area contributed by atoms with E-state index in [-0.39, 0.29) is 18.2 Å². The molecule has 21 heavy (non-hydrogen) atoms. The van der Waals surface area contributed by atoms with Crippen LogP contribution in [-0.2, 0) is 9.53 Å². The van der Waals surface area contributed by atoms with Gasteiger partial charge >= 0.3 is 0 Å². The van der Waals surface area contributed by atoms with Crippen molar-refractivity contribution in [2.45, 2.75) is 19.8 Å². The Hall–Kier alpha value is -1.40. The molecule has 0 atom stereocenters. The fourth-order valence-corrected chi connectivity index (χ4v) is 1.89. The van der Waals surface area contributed by atoms with E-state index < -0.39 is 0 Å². The zero-order valence-electron chi connectivity index (χ0n) is 12.2. The van der Waals surface area contributed by atoms with Gasteiger partial charge in [0.2, 0.25) is 5.91 Å². The number of ether oxygens (including phenoxy) is 1. The van der Waals surface area contributed by atoms with Gasteiger partial charge in [-0.05, 0) is 37.6 Å². The van der Waals surface area contributed by atoms with Crippen LogP contribution < -0.4 is 10.6 Å². The van der Waals surface area contributed by atoms with Crippen LogP contribution in [0.1, 0.15) is 30.1 Å². The van der Waals surface area contributed by atoms with Gasteiger partial charge in [0.25, 0.3) is 5.91 Å². The van der Waals surface area contributed by atoms with Crippen molar-refractivity contribution in [3.63, 3.8) is 0 Å². The van der Waals surface area contributed by atoms with E-state index in [4.69, 9.17) is 4.74 Å². The van der Waals surface area contributed by atoms with E-state index in [2.05, 4.69) is 26.6 Å². The molecule has 2 amide bonds. The van der Waals surface area contributed by atoms with Crippen molar-refractivity contribution in [1.29, 1.82) is 0 Å². The maximum absolute atomic E-state index is 11.8. The second-order valence-corrected chi connectivity index (χ2v) is 5.33. The highest BCUT2D eigenvalue weighted by molar-refractivity contribution is 9.10. The van der Waals surface area contributed by atoms with Crippen molar-refractivity contribution >= 4 is 27.7 Å². The number of hydrogen-bond donors (Lipinski definition) is 2. The summed E-state index contributed by atoms with van der Waals surface area (Å²) in [5, 5.41) is 5.51. The molecule has 0 aliphatic rings. The van der Waals surface area contributed by atoms with Crippen LogP contribution in [0.2, 0.25) is 0 Å². The SMILES string of the molecule is CCOCCCNC(=O)CCNC(=O)c1ccc(Br)cc1. The zero-order valence-corrected chi connectivity index (χ0v) is 13.7. The lowest BCUT2D eigenvalue weighted by atomic mass is 10.2. The first-order valence-electron chi connectivity index (χ1n) is 7.01. The molecule has 1 aromatic rings. The van der Waals surface area contributed by atoms with Gasteiger partial charge < -0.3 is 15.4 Å². The van der Waals surface area contributed by atoms with Crippen LogP contribution >= 0.6 is 15.9 Å².